The normalized spacial score (nSPS) is 11.4. The number of halogens is 3. The molecule has 2 nitrogen and oxygen atoms in total. The van der Waals surface area contributed by atoms with Gasteiger partial charge in [-0.05, 0) is 72.4 Å². The molecule has 0 aliphatic carbocycles. The van der Waals surface area contributed by atoms with Crippen molar-refractivity contribution in [3.05, 3.63) is 115 Å². The van der Waals surface area contributed by atoms with Gasteiger partial charge in [0.2, 0.25) is 0 Å². The maximum Gasteiger partial charge on any atom is 0.446 e. The van der Waals surface area contributed by atoms with E-state index in [1.54, 1.807) is 18.2 Å². The lowest BCUT2D eigenvalue weighted by Gasteiger charge is -2.10. The minimum atomic E-state index is -4.37. The summed E-state index contributed by atoms with van der Waals surface area (Å²) in [6.45, 7) is 0. The SMILES string of the molecule is O=C(Oc1ccc(SC(F)(F)F)cc1)c1cccc([S+](c2ccccc2)c2ccccc2)c1. The van der Waals surface area contributed by atoms with Crippen molar-refractivity contribution in [3.8, 4) is 5.75 Å². The first-order valence-electron chi connectivity index (χ1n) is 9.91. The largest absolute Gasteiger partial charge is 0.446 e. The molecule has 0 amide bonds. The summed E-state index contributed by atoms with van der Waals surface area (Å²) in [5, 5.41) is 0. The molecule has 33 heavy (non-hydrogen) atoms. The first kappa shape index (κ1) is 23.0. The Morgan fingerprint density at radius 3 is 1.79 bits per heavy atom. The number of carbonyl (C=O) groups is 1. The molecule has 0 unspecified atom stereocenters. The van der Waals surface area contributed by atoms with E-state index in [9.17, 15) is 18.0 Å². The molecule has 0 heterocycles. The van der Waals surface area contributed by atoms with Gasteiger partial charge in [0.15, 0.2) is 14.7 Å². The molecule has 0 aliphatic rings. The maximum absolute atomic E-state index is 12.8. The summed E-state index contributed by atoms with van der Waals surface area (Å²) in [6, 6.07) is 32.6. The van der Waals surface area contributed by atoms with E-state index in [1.807, 2.05) is 42.5 Å². The fourth-order valence-corrected chi connectivity index (χ4v) is 5.82. The fraction of sp³-hybridized carbons (Fsp3) is 0.0385. The lowest BCUT2D eigenvalue weighted by Crippen LogP contribution is -2.11. The third-order valence-electron chi connectivity index (χ3n) is 4.53. The number of thioether (sulfide) groups is 1. The van der Waals surface area contributed by atoms with Crippen molar-refractivity contribution in [2.45, 2.75) is 25.1 Å². The molecule has 0 radical (unpaired) electrons. The van der Waals surface area contributed by atoms with E-state index in [-0.39, 0.29) is 22.4 Å². The summed E-state index contributed by atoms with van der Waals surface area (Å²) in [5.74, 6) is -0.389. The lowest BCUT2D eigenvalue weighted by molar-refractivity contribution is -0.0328. The van der Waals surface area contributed by atoms with Crippen LogP contribution in [0.5, 0.6) is 5.75 Å². The molecule has 0 aromatic heterocycles. The van der Waals surface area contributed by atoms with Crippen molar-refractivity contribution in [3.63, 3.8) is 0 Å². The first-order chi connectivity index (χ1) is 15.9. The third kappa shape index (κ3) is 6.21. The van der Waals surface area contributed by atoms with Gasteiger partial charge in [-0.3, -0.25) is 0 Å². The molecular weight excluding hydrogens is 465 g/mol. The van der Waals surface area contributed by atoms with Crippen LogP contribution in [0, 0.1) is 0 Å². The molecule has 166 valence electrons. The van der Waals surface area contributed by atoms with E-state index in [0.29, 0.717) is 5.56 Å². The second-order valence-corrected chi connectivity index (χ2v) is 10.0. The van der Waals surface area contributed by atoms with Gasteiger partial charge in [0.1, 0.15) is 5.75 Å². The molecule has 7 heteroatoms. The molecule has 0 N–H and O–H groups in total. The van der Waals surface area contributed by atoms with Crippen LogP contribution >= 0.6 is 11.8 Å². The summed E-state index contributed by atoms with van der Waals surface area (Å²) in [5.41, 5.74) is -4.00. The molecule has 4 aromatic rings. The number of esters is 1. The van der Waals surface area contributed by atoms with Crippen LogP contribution < -0.4 is 4.74 Å². The molecule has 0 aliphatic heterocycles. The summed E-state index contributed by atoms with van der Waals surface area (Å²) >= 11 is -0.214. The molecule has 0 bridgehead atoms. The zero-order valence-electron chi connectivity index (χ0n) is 17.2. The average molecular weight is 484 g/mol. The van der Waals surface area contributed by atoms with Crippen molar-refractivity contribution in [2.75, 3.05) is 0 Å². The Labute approximate surface area is 196 Å². The summed E-state index contributed by atoms with van der Waals surface area (Å²) in [7, 11) is -0.418. The number of alkyl halides is 3. The quantitative estimate of drug-likeness (QED) is 0.122. The number of carbonyl (C=O) groups excluding carboxylic acids is 1. The van der Waals surface area contributed by atoms with Gasteiger partial charge in [0.05, 0.1) is 16.5 Å². The molecule has 0 saturated heterocycles. The van der Waals surface area contributed by atoms with Crippen LogP contribution in [0.15, 0.2) is 129 Å². The Balaban J connectivity index is 1.58. The van der Waals surface area contributed by atoms with Crippen molar-refractivity contribution >= 4 is 28.6 Å². The van der Waals surface area contributed by atoms with Gasteiger partial charge >= 0.3 is 11.5 Å². The smallest absolute Gasteiger partial charge is 0.423 e. The molecule has 0 atom stereocenters. The Hall–Kier alpha value is -3.16. The van der Waals surface area contributed by atoms with E-state index in [1.165, 1.54) is 24.3 Å². The molecule has 4 aromatic carbocycles. The summed E-state index contributed by atoms with van der Waals surface area (Å²) in [6.07, 6.45) is 0. The fourth-order valence-electron chi connectivity index (χ4n) is 3.15. The molecular formula is C26H18F3O2S2+. The Bertz CT molecular complexity index is 1170. The number of ether oxygens (including phenoxy) is 1. The van der Waals surface area contributed by atoms with E-state index in [4.69, 9.17) is 4.74 Å². The van der Waals surface area contributed by atoms with Crippen LogP contribution in [0.3, 0.4) is 0 Å². The highest BCUT2D eigenvalue weighted by atomic mass is 32.2. The standard InChI is InChI=1S/C26H18F3O2S2/c27-26(28,29)32-21-16-14-20(15-17-21)31-25(30)19-8-7-13-24(18-19)33(22-9-3-1-4-10-22)23-11-5-2-6-12-23/h1-18H/q+1. The van der Waals surface area contributed by atoms with Crippen LogP contribution in [0.4, 0.5) is 13.2 Å². The van der Waals surface area contributed by atoms with Gasteiger partial charge in [0.25, 0.3) is 0 Å². The topological polar surface area (TPSA) is 26.3 Å². The maximum atomic E-state index is 12.8. The number of rotatable bonds is 6. The minimum absolute atomic E-state index is 0.0269. The zero-order chi connectivity index (χ0) is 23.3. The van der Waals surface area contributed by atoms with Crippen molar-refractivity contribution in [1.29, 1.82) is 0 Å². The second kappa shape index (κ2) is 10.2. The van der Waals surface area contributed by atoms with Gasteiger partial charge in [-0.1, -0.05) is 42.5 Å². The molecule has 4 rings (SSSR count). The number of hydrogen-bond donors (Lipinski definition) is 0. The Morgan fingerprint density at radius 1 is 0.697 bits per heavy atom. The zero-order valence-corrected chi connectivity index (χ0v) is 18.8. The number of benzene rings is 4. The van der Waals surface area contributed by atoms with Gasteiger partial charge in [-0.15, -0.1) is 0 Å². The third-order valence-corrected chi connectivity index (χ3v) is 7.48. The minimum Gasteiger partial charge on any atom is -0.423 e. The van der Waals surface area contributed by atoms with Crippen LogP contribution in [0.25, 0.3) is 0 Å². The monoisotopic (exact) mass is 483 g/mol. The van der Waals surface area contributed by atoms with E-state index in [0.717, 1.165) is 14.7 Å². The van der Waals surface area contributed by atoms with Gasteiger partial charge in [-0.2, -0.15) is 13.2 Å². The highest BCUT2D eigenvalue weighted by molar-refractivity contribution is 8.00. The van der Waals surface area contributed by atoms with Gasteiger partial charge < -0.3 is 4.74 Å². The number of hydrogen-bond acceptors (Lipinski definition) is 3. The van der Waals surface area contributed by atoms with Crippen LogP contribution in [0.1, 0.15) is 10.4 Å². The van der Waals surface area contributed by atoms with Crippen molar-refractivity contribution in [2.24, 2.45) is 0 Å². The predicted octanol–water partition coefficient (Wildman–Crippen LogP) is 7.61. The first-order valence-corrected chi connectivity index (χ1v) is 12.0. The molecule has 0 spiro atoms. The predicted molar refractivity (Wildman–Crippen MR) is 125 cm³/mol. The van der Waals surface area contributed by atoms with Gasteiger partial charge in [-0.25, -0.2) is 4.79 Å². The van der Waals surface area contributed by atoms with E-state index >= 15 is 0 Å². The summed E-state index contributed by atoms with van der Waals surface area (Å²) < 4.78 is 42.9. The van der Waals surface area contributed by atoms with Gasteiger partial charge in [0, 0.05) is 11.0 Å². The highest BCUT2D eigenvalue weighted by Gasteiger charge is 2.30. The van der Waals surface area contributed by atoms with Crippen molar-refractivity contribution in [1.82, 2.24) is 0 Å². The van der Waals surface area contributed by atoms with Crippen LogP contribution in [-0.2, 0) is 10.9 Å². The summed E-state index contributed by atoms with van der Waals surface area (Å²) in [4.78, 5) is 16.0. The highest BCUT2D eigenvalue weighted by Crippen LogP contribution is 2.37. The second-order valence-electron chi connectivity index (χ2n) is 6.87. The molecule has 0 saturated carbocycles. The lowest BCUT2D eigenvalue weighted by atomic mass is 10.2. The van der Waals surface area contributed by atoms with Crippen LogP contribution in [0.2, 0.25) is 0 Å². The molecule has 0 fully saturated rings. The Morgan fingerprint density at radius 2 is 1.24 bits per heavy atom. The van der Waals surface area contributed by atoms with Crippen LogP contribution in [-0.4, -0.2) is 11.5 Å². The Kier molecular flexibility index (Phi) is 7.11. The van der Waals surface area contributed by atoms with E-state index < -0.39 is 22.4 Å². The van der Waals surface area contributed by atoms with Crippen molar-refractivity contribution < 1.29 is 22.7 Å². The van der Waals surface area contributed by atoms with E-state index in [2.05, 4.69) is 24.3 Å². The average Bonchev–Trinajstić information content (AvgIpc) is 2.81.